The van der Waals surface area contributed by atoms with E-state index in [9.17, 15) is 4.79 Å². The molecule has 1 heterocycles. The molecule has 2 amide bonds. The maximum Gasteiger partial charge on any atom is 0.315 e. The summed E-state index contributed by atoms with van der Waals surface area (Å²) in [5, 5.41) is 17.5. The van der Waals surface area contributed by atoms with Crippen LogP contribution in [0.25, 0.3) is 11.3 Å². The molecule has 3 N–H and O–H groups in total. The first kappa shape index (κ1) is 15.8. The van der Waals surface area contributed by atoms with Crippen LogP contribution in [0, 0.1) is 0 Å². The average Bonchev–Trinajstić information content (AvgIpc) is 2.95. The van der Waals surface area contributed by atoms with Gasteiger partial charge in [0.15, 0.2) is 0 Å². The topological polar surface area (TPSA) is 74.2 Å². The summed E-state index contributed by atoms with van der Waals surface area (Å²) < 4.78 is 0. The van der Waals surface area contributed by atoms with E-state index in [1.807, 2.05) is 29.6 Å². The van der Waals surface area contributed by atoms with Crippen molar-refractivity contribution >= 4 is 29.0 Å². The first-order valence-electron chi connectivity index (χ1n) is 6.52. The minimum Gasteiger partial charge on any atom is -0.396 e. The summed E-state index contributed by atoms with van der Waals surface area (Å²) in [6.45, 7) is 0.899. The molecule has 1 aromatic carbocycles. The Labute approximate surface area is 132 Å². The molecule has 5 nitrogen and oxygen atoms in total. The molecule has 2 rings (SSSR count). The van der Waals surface area contributed by atoms with Crippen LogP contribution < -0.4 is 10.6 Å². The van der Waals surface area contributed by atoms with Crippen LogP contribution in [0.5, 0.6) is 0 Å². The lowest BCUT2D eigenvalue weighted by molar-refractivity contribution is 0.237. The van der Waals surface area contributed by atoms with Gasteiger partial charge >= 0.3 is 6.03 Å². The second kappa shape index (κ2) is 7.97. The average molecular weight is 326 g/mol. The van der Waals surface area contributed by atoms with Crippen LogP contribution in [0.1, 0.15) is 11.4 Å². The first-order valence-corrected chi connectivity index (χ1v) is 7.77. The fraction of sp³-hybridized carbons (Fsp3) is 0.286. The molecular weight excluding hydrogens is 310 g/mol. The number of aliphatic hydroxyl groups is 1. The predicted octanol–water partition coefficient (Wildman–Crippen LogP) is 2.65. The zero-order valence-electron chi connectivity index (χ0n) is 11.3. The SMILES string of the molecule is O=C(NCCCO)NCc1nc(-c2ccc(Cl)cc2)cs1. The molecule has 0 atom stereocenters. The summed E-state index contributed by atoms with van der Waals surface area (Å²) in [6.07, 6.45) is 0.547. The lowest BCUT2D eigenvalue weighted by atomic mass is 10.2. The number of hydrogen-bond acceptors (Lipinski definition) is 4. The molecule has 1 aromatic heterocycles. The van der Waals surface area contributed by atoms with Gasteiger partial charge < -0.3 is 15.7 Å². The molecular formula is C14H16ClN3O2S. The van der Waals surface area contributed by atoms with Crippen LogP contribution >= 0.6 is 22.9 Å². The number of carbonyl (C=O) groups excluding carboxylic acids is 1. The Balaban J connectivity index is 1.86. The molecule has 21 heavy (non-hydrogen) atoms. The summed E-state index contributed by atoms with van der Waals surface area (Å²) in [4.78, 5) is 15.9. The van der Waals surface area contributed by atoms with Gasteiger partial charge in [-0.2, -0.15) is 0 Å². The Morgan fingerprint density at radius 3 is 2.76 bits per heavy atom. The fourth-order valence-electron chi connectivity index (χ4n) is 1.64. The van der Waals surface area contributed by atoms with Crippen molar-refractivity contribution in [1.29, 1.82) is 0 Å². The van der Waals surface area contributed by atoms with Crippen molar-refractivity contribution in [3.8, 4) is 11.3 Å². The molecule has 0 fully saturated rings. The van der Waals surface area contributed by atoms with Gasteiger partial charge in [0.2, 0.25) is 0 Å². The Hall–Kier alpha value is -1.63. The number of nitrogens with one attached hydrogen (secondary N) is 2. The summed E-state index contributed by atoms with van der Waals surface area (Å²) in [5.74, 6) is 0. The number of urea groups is 1. The molecule has 0 unspecified atom stereocenters. The molecule has 0 spiro atoms. The third-order valence-corrected chi connectivity index (χ3v) is 3.81. The van der Waals surface area contributed by atoms with Crippen molar-refractivity contribution in [3.63, 3.8) is 0 Å². The number of amides is 2. The number of thiazole rings is 1. The molecule has 0 aliphatic rings. The van der Waals surface area contributed by atoms with Crippen LogP contribution in [-0.4, -0.2) is 29.3 Å². The second-order valence-corrected chi connectivity index (χ2v) is 5.70. The number of aromatic nitrogens is 1. The Kier molecular flexibility index (Phi) is 5.98. The van der Waals surface area contributed by atoms with E-state index in [2.05, 4.69) is 15.6 Å². The van der Waals surface area contributed by atoms with Gasteiger partial charge in [0.1, 0.15) is 5.01 Å². The smallest absolute Gasteiger partial charge is 0.315 e. The van der Waals surface area contributed by atoms with Crippen LogP contribution in [0.15, 0.2) is 29.6 Å². The minimum absolute atomic E-state index is 0.0667. The van der Waals surface area contributed by atoms with Gasteiger partial charge in [-0.1, -0.05) is 23.7 Å². The highest BCUT2D eigenvalue weighted by molar-refractivity contribution is 7.09. The summed E-state index contributed by atoms with van der Waals surface area (Å²) in [6, 6.07) is 7.21. The van der Waals surface area contributed by atoms with Gasteiger partial charge in [0, 0.05) is 29.1 Å². The normalized spacial score (nSPS) is 10.4. The number of benzene rings is 1. The van der Waals surface area contributed by atoms with Crippen molar-refractivity contribution in [3.05, 3.63) is 39.7 Å². The lowest BCUT2D eigenvalue weighted by Crippen LogP contribution is -2.35. The number of aliphatic hydroxyl groups excluding tert-OH is 1. The highest BCUT2D eigenvalue weighted by Crippen LogP contribution is 2.23. The van der Waals surface area contributed by atoms with Crippen LogP contribution in [0.4, 0.5) is 4.79 Å². The number of halogens is 1. The molecule has 7 heteroatoms. The van der Waals surface area contributed by atoms with Crippen molar-refractivity contribution < 1.29 is 9.90 Å². The fourth-order valence-corrected chi connectivity index (χ4v) is 2.51. The van der Waals surface area contributed by atoms with Gasteiger partial charge in [0.25, 0.3) is 0 Å². The van der Waals surface area contributed by atoms with Gasteiger partial charge in [-0.05, 0) is 18.6 Å². The number of hydrogen-bond donors (Lipinski definition) is 3. The maximum atomic E-state index is 11.5. The van der Waals surface area contributed by atoms with Gasteiger partial charge in [0.05, 0.1) is 12.2 Å². The molecule has 0 bridgehead atoms. The van der Waals surface area contributed by atoms with Crippen molar-refractivity contribution in [2.24, 2.45) is 0 Å². The summed E-state index contributed by atoms with van der Waals surface area (Å²) in [5.41, 5.74) is 1.86. The minimum atomic E-state index is -0.258. The maximum absolute atomic E-state index is 11.5. The van der Waals surface area contributed by atoms with Gasteiger partial charge in [-0.3, -0.25) is 0 Å². The van der Waals surface area contributed by atoms with Gasteiger partial charge in [-0.25, -0.2) is 9.78 Å². The van der Waals surface area contributed by atoms with E-state index in [0.717, 1.165) is 16.3 Å². The number of rotatable bonds is 6. The zero-order chi connectivity index (χ0) is 15.1. The highest BCUT2D eigenvalue weighted by Gasteiger charge is 2.06. The van der Waals surface area contributed by atoms with E-state index < -0.39 is 0 Å². The van der Waals surface area contributed by atoms with Crippen molar-refractivity contribution in [1.82, 2.24) is 15.6 Å². The molecule has 0 aliphatic carbocycles. The second-order valence-electron chi connectivity index (χ2n) is 4.32. The van der Waals surface area contributed by atoms with E-state index in [-0.39, 0.29) is 12.6 Å². The zero-order valence-corrected chi connectivity index (χ0v) is 12.9. The summed E-state index contributed by atoms with van der Waals surface area (Å²) in [7, 11) is 0. The quantitative estimate of drug-likeness (QED) is 0.715. The number of carbonyl (C=O) groups is 1. The molecule has 0 saturated heterocycles. The van der Waals surface area contributed by atoms with E-state index in [4.69, 9.17) is 16.7 Å². The Morgan fingerprint density at radius 1 is 1.29 bits per heavy atom. The van der Waals surface area contributed by atoms with Gasteiger partial charge in [-0.15, -0.1) is 11.3 Å². The van der Waals surface area contributed by atoms with E-state index in [1.54, 1.807) is 0 Å². The van der Waals surface area contributed by atoms with E-state index >= 15 is 0 Å². The Bertz CT molecular complexity index is 586. The molecule has 0 saturated carbocycles. The summed E-state index contributed by atoms with van der Waals surface area (Å²) >= 11 is 7.35. The van der Waals surface area contributed by atoms with Crippen LogP contribution in [-0.2, 0) is 6.54 Å². The molecule has 2 aromatic rings. The van der Waals surface area contributed by atoms with Crippen LogP contribution in [0.2, 0.25) is 5.02 Å². The monoisotopic (exact) mass is 325 g/mol. The van der Waals surface area contributed by atoms with Crippen molar-refractivity contribution in [2.45, 2.75) is 13.0 Å². The Morgan fingerprint density at radius 2 is 2.05 bits per heavy atom. The van der Waals surface area contributed by atoms with E-state index in [0.29, 0.717) is 24.5 Å². The van der Waals surface area contributed by atoms with Crippen molar-refractivity contribution in [2.75, 3.05) is 13.2 Å². The predicted molar refractivity (Wildman–Crippen MR) is 84.5 cm³/mol. The molecule has 112 valence electrons. The van der Waals surface area contributed by atoms with Crippen LogP contribution in [0.3, 0.4) is 0 Å². The third-order valence-electron chi connectivity index (χ3n) is 2.71. The lowest BCUT2D eigenvalue weighted by Gasteiger charge is -2.04. The largest absolute Gasteiger partial charge is 0.396 e. The first-order chi connectivity index (χ1) is 10.2. The molecule has 0 aliphatic heterocycles. The standard InChI is InChI=1S/C14H16ClN3O2S/c15-11-4-2-10(3-5-11)12-9-21-13(18-12)8-17-14(20)16-6-1-7-19/h2-5,9,19H,1,6-8H2,(H2,16,17,20). The number of nitrogens with zero attached hydrogens (tertiary/aromatic N) is 1. The van der Waals surface area contributed by atoms with E-state index in [1.165, 1.54) is 11.3 Å². The highest BCUT2D eigenvalue weighted by atomic mass is 35.5. The third kappa shape index (κ3) is 5.00. The molecule has 0 radical (unpaired) electrons.